The van der Waals surface area contributed by atoms with Crippen LogP contribution >= 0.6 is 11.5 Å². The summed E-state index contributed by atoms with van der Waals surface area (Å²) in [6.07, 6.45) is 3.64. The largest absolute Gasteiger partial charge is 0.354 e. The van der Waals surface area contributed by atoms with E-state index in [0.717, 1.165) is 16.5 Å². The normalized spacial score (nSPS) is 13.3. The van der Waals surface area contributed by atoms with Crippen LogP contribution in [0.2, 0.25) is 0 Å². The Hall–Kier alpha value is -1.49. The topological polar surface area (TPSA) is 50.7 Å². The van der Waals surface area contributed by atoms with E-state index in [4.69, 9.17) is 0 Å². The molecule has 0 aliphatic rings. The Balaban J connectivity index is 2.08. The van der Waals surface area contributed by atoms with Gasteiger partial charge in [-0.2, -0.15) is 4.37 Å². The zero-order valence-corrected chi connectivity index (χ0v) is 12.0. The summed E-state index contributed by atoms with van der Waals surface area (Å²) in [6, 6.07) is 4.17. The van der Waals surface area contributed by atoms with E-state index in [0.29, 0.717) is 0 Å². The molecule has 0 saturated heterocycles. The van der Waals surface area contributed by atoms with Crippen LogP contribution in [-0.2, 0) is 5.41 Å². The highest BCUT2D eigenvalue weighted by Crippen LogP contribution is 2.25. The first kappa shape index (κ1) is 13.0. The Morgan fingerprint density at radius 3 is 2.67 bits per heavy atom. The van der Waals surface area contributed by atoms with E-state index < -0.39 is 0 Å². The SMILES string of the molecule is CC(Nc1nc(C(C)(C)C)ns1)c1cccnc1. The maximum atomic E-state index is 4.52. The average molecular weight is 262 g/mol. The summed E-state index contributed by atoms with van der Waals surface area (Å²) >= 11 is 1.41. The quantitative estimate of drug-likeness (QED) is 0.921. The molecule has 96 valence electrons. The molecular formula is C13H18N4S. The van der Waals surface area contributed by atoms with Gasteiger partial charge in [-0.1, -0.05) is 26.8 Å². The van der Waals surface area contributed by atoms with Crippen molar-refractivity contribution in [2.75, 3.05) is 5.32 Å². The summed E-state index contributed by atoms with van der Waals surface area (Å²) in [5.74, 6) is 0.883. The van der Waals surface area contributed by atoms with Gasteiger partial charge in [0.05, 0.1) is 6.04 Å². The van der Waals surface area contributed by atoms with E-state index in [-0.39, 0.29) is 11.5 Å². The van der Waals surface area contributed by atoms with E-state index >= 15 is 0 Å². The number of pyridine rings is 1. The molecule has 2 heterocycles. The highest BCUT2D eigenvalue weighted by atomic mass is 32.1. The third-order valence-corrected chi connectivity index (χ3v) is 3.27. The fourth-order valence-corrected chi connectivity index (χ4v) is 2.33. The Kier molecular flexibility index (Phi) is 3.61. The Bertz CT molecular complexity index is 501. The van der Waals surface area contributed by atoms with Crippen molar-refractivity contribution in [1.82, 2.24) is 14.3 Å². The number of aromatic nitrogens is 3. The molecule has 5 heteroatoms. The third kappa shape index (κ3) is 3.04. The second-order valence-electron chi connectivity index (χ2n) is 5.33. The van der Waals surface area contributed by atoms with Crippen LogP contribution in [0.25, 0.3) is 0 Å². The molecule has 4 nitrogen and oxygen atoms in total. The maximum Gasteiger partial charge on any atom is 0.203 e. The smallest absolute Gasteiger partial charge is 0.203 e. The van der Waals surface area contributed by atoms with Crippen LogP contribution in [0.5, 0.6) is 0 Å². The van der Waals surface area contributed by atoms with Crippen molar-refractivity contribution in [3.63, 3.8) is 0 Å². The van der Waals surface area contributed by atoms with Crippen molar-refractivity contribution in [3.05, 3.63) is 35.9 Å². The lowest BCUT2D eigenvalue weighted by Gasteiger charge is -2.13. The van der Waals surface area contributed by atoms with Crippen LogP contribution in [0.15, 0.2) is 24.5 Å². The molecule has 1 unspecified atom stereocenters. The number of rotatable bonds is 3. The molecule has 18 heavy (non-hydrogen) atoms. The minimum Gasteiger partial charge on any atom is -0.354 e. The molecule has 2 rings (SSSR count). The van der Waals surface area contributed by atoms with Crippen molar-refractivity contribution >= 4 is 16.7 Å². The molecule has 2 aromatic heterocycles. The molecule has 1 N–H and O–H groups in total. The first-order chi connectivity index (χ1) is 8.47. The summed E-state index contributed by atoms with van der Waals surface area (Å²) < 4.78 is 4.39. The second kappa shape index (κ2) is 5.02. The van der Waals surface area contributed by atoms with Crippen LogP contribution in [-0.4, -0.2) is 14.3 Å². The maximum absolute atomic E-state index is 4.52. The minimum atomic E-state index is -0.00598. The molecular weight excluding hydrogens is 244 g/mol. The summed E-state index contributed by atoms with van der Waals surface area (Å²) in [5, 5.41) is 4.21. The number of hydrogen-bond acceptors (Lipinski definition) is 5. The number of hydrogen-bond donors (Lipinski definition) is 1. The van der Waals surface area contributed by atoms with Crippen molar-refractivity contribution < 1.29 is 0 Å². The minimum absolute atomic E-state index is 0.00598. The molecule has 0 radical (unpaired) electrons. The van der Waals surface area contributed by atoms with Gasteiger partial charge in [-0.15, -0.1) is 0 Å². The predicted octanol–water partition coefficient (Wildman–Crippen LogP) is 3.40. The standard InChI is InChI=1S/C13H18N4S/c1-9(10-6-5-7-14-8-10)15-12-16-11(17-18-12)13(2,3)4/h5-9H,1-4H3,(H,15,16,17). The molecule has 0 aliphatic carbocycles. The summed E-state index contributed by atoms with van der Waals surface area (Å²) in [4.78, 5) is 8.64. The summed E-state index contributed by atoms with van der Waals surface area (Å²) in [6.45, 7) is 8.44. The van der Waals surface area contributed by atoms with Gasteiger partial charge >= 0.3 is 0 Å². The van der Waals surface area contributed by atoms with Crippen molar-refractivity contribution in [2.45, 2.75) is 39.2 Å². The Labute approximate surface area is 112 Å². The third-order valence-electron chi connectivity index (χ3n) is 2.62. The van der Waals surface area contributed by atoms with Gasteiger partial charge in [-0.25, -0.2) is 4.98 Å². The lowest BCUT2D eigenvalue weighted by atomic mass is 9.96. The van der Waals surface area contributed by atoms with Crippen molar-refractivity contribution in [1.29, 1.82) is 0 Å². The highest BCUT2D eigenvalue weighted by molar-refractivity contribution is 7.09. The first-order valence-electron chi connectivity index (χ1n) is 5.97. The zero-order chi connectivity index (χ0) is 13.2. The Morgan fingerprint density at radius 1 is 1.33 bits per heavy atom. The van der Waals surface area contributed by atoms with Gasteiger partial charge < -0.3 is 5.32 Å². The molecule has 1 atom stereocenters. The number of anilines is 1. The molecule has 0 fully saturated rings. The van der Waals surface area contributed by atoms with Gasteiger partial charge in [0.2, 0.25) is 5.13 Å². The van der Waals surface area contributed by atoms with Gasteiger partial charge in [0.1, 0.15) is 5.82 Å². The average Bonchev–Trinajstić information content (AvgIpc) is 2.78. The fourth-order valence-electron chi connectivity index (χ4n) is 1.49. The van der Waals surface area contributed by atoms with Crippen LogP contribution < -0.4 is 5.32 Å². The van der Waals surface area contributed by atoms with Gasteiger partial charge in [-0.05, 0) is 18.6 Å². The van der Waals surface area contributed by atoms with E-state index in [2.05, 4.69) is 53.4 Å². The van der Waals surface area contributed by atoms with Gasteiger partial charge in [-0.3, -0.25) is 4.98 Å². The second-order valence-corrected chi connectivity index (χ2v) is 6.08. The lowest BCUT2D eigenvalue weighted by molar-refractivity contribution is 0.555. The van der Waals surface area contributed by atoms with E-state index in [1.165, 1.54) is 11.5 Å². The van der Waals surface area contributed by atoms with Crippen LogP contribution in [0.4, 0.5) is 5.13 Å². The number of nitrogens with one attached hydrogen (secondary N) is 1. The van der Waals surface area contributed by atoms with Crippen LogP contribution in [0.1, 0.15) is 45.1 Å². The fraction of sp³-hybridized carbons (Fsp3) is 0.462. The molecule has 0 bridgehead atoms. The van der Waals surface area contributed by atoms with Crippen LogP contribution in [0, 0.1) is 0 Å². The van der Waals surface area contributed by atoms with Crippen molar-refractivity contribution in [3.8, 4) is 0 Å². The summed E-state index contributed by atoms with van der Waals surface area (Å²) in [7, 11) is 0. The summed E-state index contributed by atoms with van der Waals surface area (Å²) in [5.41, 5.74) is 1.14. The molecule has 0 saturated carbocycles. The monoisotopic (exact) mass is 262 g/mol. The molecule has 0 spiro atoms. The zero-order valence-electron chi connectivity index (χ0n) is 11.1. The van der Waals surface area contributed by atoms with Gasteiger partial charge in [0.15, 0.2) is 0 Å². The van der Waals surface area contributed by atoms with Crippen molar-refractivity contribution in [2.24, 2.45) is 0 Å². The van der Waals surface area contributed by atoms with Gasteiger partial charge in [0, 0.05) is 29.3 Å². The van der Waals surface area contributed by atoms with Crippen LogP contribution in [0.3, 0.4) is 0 Å². The molecule has 0 aromatic carbocycles. The van der Waals surface area contributed by atoms with E-state index in [1.54, 1.807) is 6.20 Å². The predicted molar refractivity (Wildman–Crippen MR) is 74.9 cm³/mol. The van der Waals surface area contributed by atoms with E-state index in [1.807, 2.05) is 12.3 Å². The van der Waals surface area contributed by atoms with E-state index in [9.17, 15) is 0 Å². The first-order valence-corrected chi connectivity index (χ1v) is 6.75. The number of nitrogens with zero attached hydrogens (tertiary/aromatic N) is 3. The lowest BCUT2D eigenvalue weighted by Crippen LogP contribution is -2.13. The highest BCUT2D eigenvalue weighted by Gasteiger charge is 2.20. The Morgan fingerprint density at radius 2 is 2.11 bits per heavy atom. The molecule has 0 aliphatic heterocycles. The van der Waals surface area contributed by atoms with Gasteiger partial charge in [0.25, 0.3) is 0 Å². The molecule has 0 amide bonds. The molecule has 2 aromatic rings.